The number of rotatable bonds is 4. The maximum absolute atomic E-state index is 9.55. The van der Waals surface area contributed by atoms with E-state index in [0.29, 0.717) is 12.2 Å². The van der Waals surface area contributed by atoms with Crippen LogP contribution in [0.15, 0.2) is 72.8 Å². The summed E-state index contributed by atoms with van der Waals surface area (Å²) in [5.41, 5.74) is 2.47. The molecule has 0 spiro atoms. The molecular formula is C18H16O4. The van der Waals surface area contributed by atoms with Crippen LogP contribution in [0.4, 0.5) is 0 Å². The Labute approximate surface area is 128 Å². The van der Waals surface area contributed by atoms with Gasteiger partial charge in [0.2, 0.25) is 0 Å². The zero-order chi connectivity index (χ0) is 16.2. The van der Waals surface area contributed by atoms with E-state index in [9.17, 15) is 9.59 Å². The number of benzene rings is 2. The Morgan fingerprint density at radius 1 is 0.636 bits per heavy atom. The number of carboxylic acid groups (broad SMARTS) is 2. The largest absolute Gasteiger partial charge is 0.478 e. The van der Waals surface area contributed by atoms with Crippen LogP contribution in [-0.2, 0) is 9.59 Å². The first kappa shape index (κ1) is 16.9. The molecule has 2 aromatic rings. The minimum atomic E-state index is -1.26. The SMILES string of the molecule is C(=Cc1ccccc1)c1ccccc1.O=C(O)/C=C\C(=O)O. The van der Waals surface area contributed by atoms with E-state index in [2.05, 4.69) is 36.4 Å². The molecule has 0 saturated carbocycles. The van der Waals surface area contributed by atoms with E-state index in [4.69, 9.17) is 10.2 Å². The Bertz CT molecular complexity index is 586. The van der Waals surface area contributed by atoms with Crippen LogP contribution in [0.5, 0.6) is 0 Å². The normalized spacial score (nSPS) is 10.2. The quantitative estimate of drug-likeness (QED) is 0.668. The summed E-state index contributed by atoms with van der Waals surface area (Å²) in [6.45, 7) is 0. The van der Waals surface area contributed by atoms with Crippen molar-refractivity contribution in [3.05, 3.63) is 83.9 Å². The van der Waals surface area contributed by atoms with Gasteiger partial charge in [-0.3, -0.25) is 0 Å². The van der Waals surface area contributed by atoms with Crippen molar-refractivity contribution in [3.63, 3.8) is 0 Å². The smallest absolute Gasteiger partial charge is 0.328 e. The van der Waals surface area contributed by atoms with Gasteiger partial charge in [0.05, 0.1) is 0 Å². The molecular weight excluding hydrogens is 280 g/mol. The van der Waals surface area contributed by atoms with Crippen molar-refractivity contribution in [3.8, 4) is 0 Å². The second kappa shape index (κ2) is 9.72. The summed E-state index contributed by atoms with van der Waals surface area (Å²) in [4.78, 5) is 19.1. The maximum Gasteiger partial charge on any atom is 0.328 e. The van der Waals surface area contributed by atoms with E-state index < -0.39 is 11.9 Å². The van der Waals surface area contributed by atoms with Crippen molar-refractivity contribution in [1.82, 2.24) is 0 Å². The van der Waals surface area contributed by atoms with Crippen LogP contribution in [0.2, 0.25) is 0 Å². The summed E-state index contributed by atoms with van der Waals surface area (Å²) in [6.07, 6.45) is 5.36. The second-order valence-corrected chi connectivity index (χ2v) is 4.16. The lowest BCUT2D eigenvalue weighted by Gasteiger charge is -1.92. The van der Waals surface area contributed by atoms with Crippen molar-refractivity contribution in [2.24, 2.45) is 0 Å². The highest BCUT2D eigenvalue weighted by atomic mass is 16.4. The fraction of sp³-hybridized carbons (Fsp3) is 0. The van der Waals surface area contributed by atoms with E-state index in [1.807, 2.05) is 36.4 Å². The van der Waals surface area contributed by atoms with Crippen molar-refractivity contribution in [2.75, 3.05) is 0 Å². The zero-order valence-corrected chi connectivity index (χ0v) is 11.8. The van der Waals surface area contributed by atoms with Gasteiger partial charge in [-0.25, -0.2) is 9.59 Å². The van der Waals surface area contributed by atoms with Crippen LogP contribution in [0.25, 0.3) is 12.2 Å². The van der Waals surface area contributed by atoms with Gasteiger partial charge in [0.25, 0.3) is 0 Å². The number of carbonyl (C=O) groups is 2. The van der Waals surface area contributed by atoms with Gasteiger partial charge in [0.1, 0.15) is 0 Å². The van der Waals surface area contributed by atoms with Gasteiger partial charge in [-0.15, -0.1) is 0 Å². The van der Waals surface area contributed by atoms with E-state index >= 15 is 0 Å². The molecule has 0 aliphatic carbocycles. The molecule has 0 radical (unpaired) electrons. The molecule has 2 N–H and O–H groups in total. The van der Waals surface area contributed by atoms with Crippen LogP contribution >= 0.6 is 0 Å². The molecule has 4 nitrogen and oxygen atoms in total. The third-order valence-electron chi connectivity index (χ3n) is 2.44. The molecule has 0 fully saturated rings. The standard InChI is InChI=1S/C14H12.C4H4O4/c1-3-7-13(8-4-1)11-12-14-9-5-2-6-10-14;5-3(6)1-2-4(7)8/h1-12H;1-2H,(H,5,6)(H,7,8)/b;2-1-. The Hall–Kier alpha value is -3.14. The summed E-state index contributed by atoms with van der Waals surface area (Å²) < 4.78 is 0. The lowest BCUT2D eigenvalue weighted by molar-refractivity contribution is -0.134. The summed E-state index contributed by atoms with van der Waals surface area (Å²) in [6, 6.07) is 20.6. The highest BCUT2D eigenvalue weighted by Gasteiger charge is 1.88. The van der Waals surface area contributed by atoms with Crippen molar-refractivity contribution >= 4 is 24.1 Å². The van der Waals surface area contributed by atoms with Gasteiger partial charge in [-0.2, -0.15) is 0 Å². The fourth-order valence-electron chi connectivity index (χ4n) is 1.46. The van der Waals surface area contributed by atoms with Crippen LogP contribution in [0.1, 0.15) is 11.1 Å². The molecule has 2 aromatic carbocycles. The van der Waals surface area contributed by atoms with Gasteiger partial charge in [-0.05, 0) is 11.1 Å². The monoisotopic (exact) mass is 296 g/mol. The Balaban J connectivity index is 0.000000261. The van der Waals surface area contributed by atoms with Crippen molar-refractivity contribution in [2.45, 2.75) is 0 Å². The molecule has 0 aromatic heterocycles. The minimum absolute atomic E-state index is 0.558. The van der Waals surface area contributed by atoms with Crippen LogP contribution in [-0.4, -0.2) is 22.2 Å². The molecule has 0 aliphatic heterocycles. The molecule has 0 aliphatic rings. The molecule has 22 heavy (non-hydrogen) atoms. The van der Waals surface area contributed by atoms with Crippen molar-refractivity contribution < 1.29 is 19.8 Å². The summed E-state index contributed by atoms with van der Waals surface area (Å²) in [5.74, 6) is -2.51. The first-order valence-electron chi connectivity index (χ1n) is 6.50. The molecule has 0 bridgehead atoms. The Morgan fingerprint density at radius 2 is 0.955 bits per heavy atom. The molecule has 4 heteroatoms. The van der Waals surface area contributed by atoms with Gasteiger partial charge in [0, 0.05) is 12.2 Å². The summed E-state index contributed by atoms with van der Waals surface area (Å²) in [5, 5.41) is 15.6. The van der Waals surface area contributed by atoms with E-state index in [0.717, 1.165) is 0 Å². The molecule has 0 saturated heterocycles. The Morgan fingerprint density at radius 3 is 1.23 bits per heavy atom. The summed E-state index contributed by atoms with van der Waals surface area (Å²) >= 11 is 0. The van der Waals surface area contributed by atoms with Crippen molar-refractivity contribution in [1.29, 1.82) is 0 Å². The van der Waals surface area contributed by atoms with Crippen LogP contribution in [0, 0.1) is 0 Å². The minimum Gasteiger partial charge on any atom is -0.478 e. The van der Waals surface area contributed by atoms with E-state index in [1.54, 1.807) is 0 Å². The number of aliphatic carboxylic acids is 2. The van der Waals surface area contributed by atoms with E-state index in [-0.39, 0.29) is 0 Å². The third-order valence-corrected chi connectivity index (χ3v) is 2.44. The first-order valence-corrected chi connectivity index (χ1v) is 6.50. The Kier molecular flexibility index (Phi) is 7.47. The lowest BCUT2D eigenvalue weighted by atomic mass is 10.1. The molecule has 0 unspecified atom stereocenters. The van der Waals surface area contributed by atoms with Crippen LogP contribution in [0.3, 0.4) is 0 Å². The molecule has 0 amide bonds. The molecule has 0 heterocycles. The number of carboxylic acids is 2. The molecule has 112 valence electrons. The number of hydrogen-bond acceptors (Lipinski definition) is 2. The van der Waals surface area contributed by atoms with Gasteiger partial charge < -0.3 is 10.2 Å². The van der Waals surface area contributed by atoms with Gasteiger partial charge >= 0.3 is 11.9 Å². The van der Waals surface area contributed by atoms with Gasteiger partial charge in [0.15, 0.2) is 0 Å². The van der Waals surface area contributed by atoms with Gasteiger partial charge in [-0.1, -0.05) is 72.8 Å². The average molecular weight is 296 g/mol. The second-order valence-electron chi connectivity index (χ2n) is 4.16. The zero-order valence-electron chi connectivity index (χ0n) is 11.8. The maximum atomic E-state index is 9.55. The number of hydrogen-bond donors (Lipinski definition) is 2. The van der Waals surface area contributed by atoms with Crippen LogP contribution < -0.4 is 0 Å². The van der Waals surface area contributed by atoms with E-state index in [1.165, 1.54) is 11.1 Å². The lowest BCUT2D eigenvalue weighted by Crippen LogP contribution is -1.91. The predicted molar refractivity (Wildman–Crippen MR) is 86.2 cm³/mol. The highest BCUT2D eigenvalue weighted by molar-refractivity contribution is 5.89. The third kappa shape index (κ3) is 8.12. The first-order chi connectivity index (χ1) is 10.6. The predicted octanol–water partition coefficient (Wildman–Crippen LogP) is 3.57. The summed E-state index contributed by atoms with van der Waals surface area (Å²) in [7, 11) is 0. The topological polar surface area (TPSA) is 74.6 Å². The average Bonchev–Trinajstić information content (AvgIpc) is 2.54. The molecule has 0 atom stereocenters. The highest BCUT2D eigenvalue weighted by Crippen LogP contribution is 2.06. The molecule has 2 rings (SSSR count). The fourth-order valence-corrected chi connectivity index (χ4v) is 1.46.